The molecule has 0 atom stereocenters. The first kappa shape index (κ1) is 13.3. The Labute approximate surface area is 99.5 Å². The van der Waals surface area contributed by atoms with Crippen molar-refractivity contribution in [2.24, 2.45) is 0 Å². The number of aromatic hydroxyl groups is 1. The number of sulfonamides is 1. The monoisotopic (exact) mass is 259 g/mol. The van der Waals surface area contributed by atoms with Gasteiger partial charge in [-0.1, -0.05) is 6.07 Å². The van der Waals surface area contributed by atoms with Gasteiger partial charge in [0.15, 0.2) is 5.75 Å². The maximum Gasteiger partial charge on any atom is 0.322 e. The average molecular weight is 259 g/mol. The van der Waals surface area contributed by atoms with Crippen LogP contribution in [-0.4, -0.2) is 39.4 Å². The standard InChI is InChI=1S/C10H13NO5S/c1-11(8-4-3-5-9(12)6-8)17(14,15)7-10(13)16-2/h3-6,12H,7H2,1-2H3. The molecule has 7 heteroatoms. The van der Waals surface area contributed by atoms with E-state index >= 15 is 0 Å². The summed E-state index contributed by atoms with van der Waals surface area (Å²) >= 11 is 0. The number of rotatable bonds is 4. The van der Waals surface area contributed by atoms with Crippen molar-refractivity contribution < 1.29 is 23.1 Å². The predicted molar refractivity (Wildman–Crippen MR) is 62.3 cm³/mol. The highest BCUT2D eigenvalue weighted by Crippen LogP contribution is 2.21. The van der Waals surface area contributed by atoms with Crippen molar-refractivity contribution in [2.75, 3.05) is 24.2 Å². The second-order valence-electron chi connectivity index (χ2n) is 3.32. The van der Waals surface area contributed by atoms with E-state index in [-0.39, 0.29) is 11.4 Å². The smallest absolute Gasteiger partial charge is 0.322 e. The Morgan fingerprint density at radius 2 is 2.12 bits per heavy atom. The molecule has 0 amide bonds. The van der Waals surface area contributed by atoms with Crippen LogP contribution < -0.4 is 4.31 Å². The van der Waals surface area contributed by atoms with Crippen LogP contribution in [0, 0.1) is 0 Å². The number of nitrogens with zero attached hydrogens (tertiary/aromatic N) is 1. The second kappa shape index (κ2) is 5.05. The number of ether oxygens (including phenoxy) is 1. The Bertz CT molecular complexity index is 511. The largest absolute Gasteiger partial charge is 0.508 e. The molecule has 1 aromatic carbocycles. The average Bonchev–Trinajstić information content (AvgIpc) is 2.27. The first-order chi connectivity index (χ1) is 7.86. The molecule has 0 saturated heterocycles. The summed E-state index contributed by atoms with van der Waals surface area (Å²) in [5, 5.41) is 9.24. The molecule has 0 bridgehead atoms. The molecular formula is C10H13NO5S. The minimum Gasteiger partial charge on any atom is -0.508 e. The van der Waals surface area contributed by atoms with Crippen molar-refractivity contribution >= 4 is 21.7 Å². The normalized spacial score (nSPS) is 10.9. The van der Waals surface area contributed by atoms with Gasteiger partial charge in [-0.25, -0.2) is 8.42 Å². The number of hydrogen-bond donors (Lipinski definition) is 1. The van der Waals surface area contributed by atoms with E-state index in [1.54, 1.807) is 0 Å². The molecule has 1 rings (SSSR count). The van der Waals surface area contributed by atoms with E-state index in [2.05, 4.69) is 4.74 Å². The summed E-state index contributed by atoms with van der Waals surface area (Å²) in [5.41, 5.74) is 0.272. The van der Waals surface area contributed by atoms with Gasteiger partial charge in [-0.3, -0.25) is 9.10 Å². The molecule has 1 aromatic rings. The van der Waals surface area contributed by atoms with Crippen molar-refractivity contribution in [1.29, 1.82) is 0 Å². The molecular weight excluding hydrogens is 246 g/mol. The van der Waals surface area contributed by atoms with Crippen LogP contribution >= 0.6 is 0 Å². The minimum atomic E-state index is -3.79. The Balaban J connectivity index is 2.96. The quantitative estimate of drug-likeness (QED) is 0.788. The number of carbonyl (C=O) groups is 1. The van der Waals surface area contributed by atoms with Gasteiger partial charge >= 0.3 is 5.97 Å². The molecule has 17 heavy (non-hydrogen) atoms. The van der Waals surface area contributed by atoms with E-state index in [1.807, 2.05) is 0 Å². The molecule has 0 spiro atoms. The third-order valence-corrected chi connectivity index (χ3v) is 3.78. The van der Waals surface area contributed by atoms with Crippen molar-refractivity contribution in [2.45, 2.75) is 0 Å². The first-order valence-electron chi connectivity index (χ1n) is 4.69. The van der Waals surface area contributed by atoms with Crippen LogP contribution in [-0.2, 0) is 19.6 Å². The van der Waals surface area contributed by atoms with Gasteiger partial charge in [-0.15, -0.1) is 0 Å². The molecule has 0 aliphatic carbocycles. The van der Waals surface area contributed by atoms with E-state index in [0.29, 0.717) is 0 Å². The van der Waals surface area contributed by atoms with Crippen LogP contribution in [0.5, 0.6) is 5.75 Å². The van der Waals surface area contributed by atoms with Crippen LogP contribution in [0.2, 0.25) is 0 Å². The van der Waals surface area contributed by atoms with Gasteiger partial charge < -0.3 is 9.84 Å². The Morgan fingerprint density at radius 3 is 2.65 bits per heavy atom. The molecule has 0 saturated carbocycles. The maximum atomic E-state index is 11.8. The van der Waals surface area contributed by atoms with Gasteiger partial charge in [0, 0.05) is 13.1 Å². The van der Waals surface area contributed by atoms with E-state index in [9.17, 15) is 18.3 Å². The van der Waals surface area contributed by atoms with Gasteiger partial charge in [0.25, 0.3) is 0 Å². The Kier molecular flexibility index (Phi) is 3.95. The summed E-state index contributed by atoms with van der Waals surface area (Å²) in [6.07, 6.45) is 0. The molecule has 0 aliphatic heterocycles. The van der Waals surface area contributed by atoms with E-state index in [0.717, 1.165) is 11.4 Å². The van der Waals surface area contributed by atoms with Crippen molar-refractivity contribution in [1.82, 2.24) is 0 Å². The van der Waals surface area contributed by atoms with Gasteiger partial charge in [-0.2, -0.15) is 0 Å². The number of methoxy groups -OCH3 is 1. The predicted octanol–water partition coefficient (Wildman–Crippen LogP) is 0.331. The lowest BCUT2D eigenvalue weighted by Crippen LogP contribution is -2.32. The molecule has 0 fully saturated rings. The topological polar surface area (TPSA) is 83.9 Å². The van der Waals surface area contributed by atoms with Gasteiger partial charge in [0.2, 0.25) is 10.0 Å². The van der Waals surface area contributed by atoms with E-state index < -0.39 is 21.7 Å². The van der Waals surface area contributed by atoms with Crippen LogP contribution in [0.4, 0.5) is 5.69 Å². The van der Waals surface area contributed by atoms with Crippen LogP contribution in [0.3, 0.4) is 0 Å². The molecule has 0 aromatic heterocycles. The summed E-state index contributed by atoms with van der Waals surface area (Å²) in [4.78, 5) is 11.0. The molecule has 6 nitrogen and oxygen atoms in total. The fourth-order valence-electron chi connectivity index (χ4n) is 1.15. The lowest BCUT2D eigenvalue weighted by atomic mass is 10.3. The maximum absolute atomic E-state index is 11.8. The van der Waals surface area contributed by atoms with Crippen LogP contribution in [0.1, 0.15) is 0 Å². The highest BCUT2D eigenvalue weighted by atomic mass is 32.2. The molecule has 0 aliphatic rings. The highest BCUT2D eigenvalue weighted by Gasteiger charge is 2.23. The fourth-order valence-corrected chi connectivity index (χ4v) is 2.20. The molecule has 0 heterocycles. The fraction of sp³-hybridized carbons (Fsp3) is 0.300. The van der Waals surface area contributed by atoms with Gasteiger partial charge in [0.1, 0.15) is 5.75 Å². The number of benzene rings is 1. The first-order valence-corrected chi connectivity index (χ1v) is 6.30. The zero-order chi connectivity index (χ0) is 13.1. The van der Waals surface area contributed by atoms with Crippen molar-refractivity contribution in [3.8, 4) is 5.75 Å². The Hall–Kier alpha value is -1.76. The summed E-state index contributed by atoms with van der Waals surface area (Å²) < 4.78 is 28.7. The summed E-state index contributed by atoms with van der Waals surface area (Å²) in [6.45, 7) is 0. The van der Waals surface area contributed by atoms with Gasteiger partial charge in [0.05, 0.1) is 12.8 Å². The summed E-state index contributed by atoms with van der Waals surface area (Å²) in [5.74, 6) is -1.63. The minimum absolute atomic E-state index is 0.0531. The second-order valence-corrected chi connectivity index (χ2v) is 5.32. The molecule has 0 radical (unpaired) electrons. The number of anilines is 1. The van der Waals surface area contributed by atoms with Crippen molar-refractivity contribution in [3.63, 3.8) is 0 Å². The molecule has 0 unspecified atom stereocenters. The number of hydrogen-bond acceptors (Lipinski definition) is 5. The zero-order valence-electron chi connectivity index (χ0n) is 9.45. The molecule has 94 valence electrons. The third kappa shape index (κ3) is 3.35. The summed E-state index contributed by atoms with van der Waals surface area (Å²) in [7, 11) is -1.38. The zero-order valence-corrected chi connectivity index (χ0v) is 10.3. The van der Waals surface area contributed by atoms with Crippen molar-refractivity contribution in [3.05, 3.63) is 24.3 Å². The van der Waals surface area contributed by atoms with E-state index in [1.165, 1.54) is 31.3 Å². The third-order valence-electron chi connectivity index (χ3n) is 2.14. The molecule has 1 N–H and O–H groups in total. The SMILES string of the molecule is COC(=O)CS(=O)(=O)N(C)c1cccc(O)c1. The number of esters is 1. The van der Waals surface area contributed by atoms with Crippen LogP contribution in [0.15, 0.2) is 24.3 Å². The lowest BCUT2D eigenvalue weighted by Gasteiger charge is -2.18. The number of phenolic OH excluding ortho intramolecular Hbond substituents is 1. The number of phenols is 1. The number of carbonyl (C=O) groups excluding carboxylic acids is 1. The highest BCUT2D eigenvalue weighted by molar-refractivity contribution is 7.93. The van der Waals surface area contributed by atoms with Crippen LogP contribution in [0.25, 0.3) is 0 Å². The van der Waals surface area contributed by atoms with E-state index in [4.69, 9.17) is 0 Å². The van der Waals surface area contributed by atoms with Gasteiger partial charge in [-0.05, 0) is 12.1 Å². The Morgan fingerprint density at radius 1 is 1.47 bits per heavy atom. The lowest BCUT2D eigenvalue weighted by molar-refractivity contribution is -0.137. The summed E-state index contributed by atoms with van der Waals surface area (Å²) in [6, 6.07) is 5.72.